The summed E-state index contributed by atoms with van der Waals surface area (Å²) in [5.41, 5.74) is 0. The molecule has 0 unspecified atom stereocenters. The van der Waals surface area contributed by atoms with E-state index in [2.05, 4.69) is 9.47 Å². The van der Waals surface area contributed by atoms with E-state index in [4.69, 9.17) is 0 Å². The number of esters is 2. The first-order valence-electron chi connectivity index (χ1n) is 4.89. The molecule has 0 amide bonds. The maximum atomic E-state index is 10.9. The Labute approximate surface area is 92.9 Å². The van der Waals surface area contributed by atoms with E-state index in [0.717, 1.165) is 0 Å². The van der Waals surface area contributed by atoms with Gasteiger partial charge in [0, 0.05) is 12.8 Å². The predicted molar refractivity (Wildman–Crippen MR) is 52.5 cm³/mol. The van der Waals surface area contributed by atoms with E-state index in [1.165, 1.54) is 0 Å². The lowest BCUT2D eigenvalue weighted by atomic mass is 10.3. The molecule has 6 nitrogen and oxygen atoms in total. The second kappa shape index (κ2) is 9.82. The lowest BCUT2D eigenvalue weighted by Crippen LogP contribution is -2.13. The summed E-state index contributed by atoms with van der Waals surface area (Å²) in [7, 11) is 0. The van der Waals surface area contributed by atoms with Gasteiger partial charge in [-0.25, -0.2) is 0 Å². The van der Waals surface area contributed by atoms with Crippen molar-refractivity contribution < 1.29 is 28.7 Å². The van der Waals surface area contributed by atoms with Crippen LogP contribution < -0.4 is 0 Å². The second-order valence-electron chi connectivity index (χ2n) is 2.85. The van der Waals surface area contributed by atoms with Crippen molar-refractivity contribution in [2.24, 2.45) is 0 Å². The second-order valence-corrected chi connectivity index (χ2v) is 2.85. The van der Waals surface area contributed by atoms with Crippen molar-refractivity contribution in [1.82, 2.24) is 0 Å². The van der Waals surface area contributed by atoms with Gasteiger partial charge in [0.05, 0.1) is 12.8 Å². The van der Waals surface area contributed by atoms with Gasteiger partial charge in [0.25, 0.3) is 0 Å². The first-order chi connectivity index (χ1) is 7.70. The quantitative estimate of drug-likeness (QED) is 0.315. The Morgan fingerprint density at radius 3 is 1.50 bits per heavy atom. The van der Waals surface area contributed by atoms with Crippen LogP contribution in [-0.4, -0.2) is 37.7 Å². The highest BCUT2D eigenvalue weighted by atomic mass is 16.6. The van der Waals surface area contributed by atoms with Crippen molar-refractivity contribution in [3.05, 3.63) is 0 Å². The third-order valence-corrected chi connectivity index (χ3v) is 1.54. The minimum absolute atomic E-state index is 0.0303. The smallest absolute Gasteiger partial charge is 0.306 e. The van der Waals surface area contributed by atoms with Crippen LogP contribution in [0.3, 0.4) is 0 Å². The molecule has 0 saturated heterocycles. The summed E-state index contributed by atoms with van der Waals surface area (Å²) in [6.07, 6.45) is 1.56. The highest BCUT2D eigenvalue weighted by Gasteiger charge is 2.04. The molecule has 90 valence electrons. The van der Waals surface area contributed by atoms with Gasteiger partial charge in [-0.3, -0.25) is 9.59 Å². The summed E-state index contributed by atoms with van der Waals surface area (Å²) >= 11 is 0. The lowest BCUT2D eigenvalue weighted by molar-refractivity contribution is -0.152. The van der Waals surface area contributed by atoms with E-state index in [1.54, 1.807) is 0 Å². The van der Waals surface area contributed by atoms with Gasteiger partial charge in [0.2, 0.25) is 0 Å². The largest absolute Gasteiger partial charge is 0.462 e. The zero-order valence-corrected chi connectivity index (χ0v) is 8.85. The van der Waals surface area contributed by atoms with E-state index in [1.807, 2.05) is 0 Å². The van der Waals surface area contributed by atoms with Crippen molar-refractivity contribution in [2.75, 3.05) is 13.2 Å². The van der Waals surface area contributed by atoms with Gasteiger partial charge in [-0.2, -0.15) is 0 Å². The minimum Gasteiger partial charge on any atom is -0.462 e. The molecule has 0 aromatic rings. The highest BCUT2D eigenvalue weighted by Crippen LogP contribution is 1.92. The van der Waals surface area contributed by atoms with Crippen LogP contribution in [0.15, 0.2) is 0 Å². The number of hydrogen-bond acceptors (Lipinski definition) is 6. The van der Waals surface area contributed by atoms with Gasteiger partial charge >= 0.3 is 11.9 Å². The Morgan fingerprint density at radius 2 is 1.19 bits per heavy atom. The molecule has 6 heteroatoms. The van der Waals surface area contributed by atoms with Crippen LogP contribution in [-0.2, 0) is 28.7 Å². The average molecular weight is 230 g/mol. The summed E-state index contributed by atoms with van der Waals surface area (Å²) in [5.74, 6) is -1.01. The van der Waals surface area contributed by atoms with Crippen LogP contribution in [0.25, 0.3) is 0 Å². The standard InChI is InChI=1S/C10H14O6/c11-5-1-3-9(13)15-7-8-16-10(14)4-2-6-12/h5-6H,1-4,7-8H2. The SMILES string of the molecule is O=CCCC(=O)OCCOC(=O)CCC=O. The molecule has 0 spiro atoms. The summed E-state index contributed by atoms with van der Waals surface area (Å²) in [5, 5.41) is 0. The fourth-order valence-electron chi connectivity index (χ4n) is 0.809. The summed E-state index contributed by atoms with van der Waals surface area (Å²) < 4.78 is 9.31. The third-order valence-electron chi connectivity index (χ3n) is 1.54. The number of ether oxygens (including phenoxy) is 2. The van der Waals surface area contributed by atoms with Crippen molar-refractivity contribution in [1.29, 1.82) is 0 Å². The van der Waals surface area contributed by atoms with Crippen LogP contribution >= 0.6 is 0 Å². The molecule has 0 heterocycles. The third kappa shape index (κ3) is 8.86. The van der Waals surface area contributed by atoms with Crippen LogP contribution in [0.5, 0.6) is 0 Å². The van der Waals surface area contributed by atoms with Gasteiger partial charge in [-0.05, 0) is 0 Å². The summed E-state index contributed by atoms with van der Waals surface area (Å²) in [6.45, 7) is -0.0744. The Bertz CT molecular complexity index is 222. The molecule has 16 heavy (non-hydrogen) atoms. The minimum atomic E-state index is -0.504. The van der Waals surface area contributed by atoms with Crippen LogP contribution in [0, 0.1) is 0 Å². The van der Waals surface area contributed by atoms with Crippen molar-refractivity contribution in [2.45, 2.75) is 25.7 Å². The van der Waals surface area contributed by atoms with E-state index in [0.29, 0.717) is 12.6 Å². The number of hydrogen-bond donors (Lipinski definition) is 0. The number of carbonyl (C=O) groups is 4. The van der Waals surface area contributed by atoms with Crippen LogP contribution in [0.4, 0.5) is 0 Å². The molecule has 0 aromatic carbocycles. The molecular weight excluding hydrogens is 216 g/mol. The van der Waals surface area contributed by atoms with Gasteiger partial charge in [-0.15, -0.1) is 0 Å². The molecule has 0 bridgehead atoms. The number of rotatable bonds is 9. The van der Waals surface area contributed by atoms with Crippen molar-refractivity contribution in [3.63, 3.8) is 0 Å². The lowest BCUT2D eigenvalue weighted by Gasteiger charge is -2.04. The molecule has 0 saturated carbocycles. The van der Waals surface area contributed by atoms with Gasteiger partial charge < -0.3 is 19.1 Å². The number of aldehydes is 2. The monoisotopic (exact) mass is 230 g/mol. The maximum absolute atomic E-state index is 10.9. The van der Waals surface area contributed by atoms with Crippen LogP contribution in [0.2, 0.25) is 0 Å². The zero-order chi connectivity index (χ0) is 12.2. The predicted octanol–water partition coefficient (Wildman–Crippen LogP) is 0.0310. The molecule has 0 aliphatic heterocycles. The Kier molecular flexibility index (Phi) is 8.76. The molecular formula is C10H14O6. The normalized spacial score (nSPS) is 9.25. The molecule has 0 radical (unpaired) electrons. The molecule has 0 N–H and O–H groups in total. The fourth-order valence-corrected chi connectivity index (χ4v) is 0.809. The molecule has 0 aliphatic carbocycles. The first-order valence-corrected chi connectivity index (χ1v) is 4.89. The molecule has 0 aromatic heterocycles. The maximum Gasteiger partial charge on any atom is 0.306 e. The molecule has 0 aliphatic rings. The molecule has 0 fully saturated rings. The highest BCUT2D eigenvalue weighted by molar-refractivity contribution is 5.73. The fraction of sp³-hybridized carbons (Fsp3) is 0.600. The number of carbonyl (C=O) groups excluding carboxylic acids is 4. The van der Waals surface area contributed by atoms with Gasteiger partial charge in [0.1, 0.15) is 25.8 Å². The van der Waals surface area contributed by atoms with Crippen LogP contribution in [0.1, 0.15) is 25.7 Å². The van der Waals surface area contributed by atoms with E-state index < -0.39 is 11.9 Å². The topological polar surface area (TPSA) is 86.7 Å². The van der Waals surface area contributed by atoms with E-state index in [9.17, 15) is 19.2 Å². The van der Waals surface area contributed by atoms with Gasteiger partial charge in [0.15, 0.2) is 0 Å². The molecule has 0 atom stereocenters. The zero-order valence-electron chi connectivity index (χ0n) is 8.85. The average Bonchev–Trinajstić information content (AvgIpc) is 2.29. The van der Waals surface area contributed by atoms with E-state index in [-0.39, 0.29) is 38.9 Å². The Balaban J connectivity index is 3.37. The van der Waals surface area contributed by atoms with Gasteiger partial charge in [-0.1, -0.05) is 0 Å². The Morgan fingerprint density at radius 1 is 0.812 bits per heavy atom. The van der Waals surface area contributed by atoms with E-state index >= 15 is 0 Å². The molecule has 0 rings (SSSR count). The van der Waals surface area contributed by atoms with Crippen molar-refractivity contribution in [3.8, 4) is 0 Å². The summed E-state index contributed by atoms with van der Waals surface area (Å²) in [6, 6.07) is 0. The van der Waals surface area contributed by atoms with Crippen molar-refractivity contribution >= 4 is 24.5 Å². The first kappa shape index (κ1) is 14.3. The summed E-state index contributed by atoms with van der Waals surface area (Å²) in [4.78, 5) is 41.5. The Hall–Kier alpha value is -1.72.